The zero-order valence-corrected chi connectivity index (χ0v) is 8.64. The molecule has 0 fully saturated rings. The minimum atomic E-state index is -2.43. The van der Waals surface area contributed by atoms with Gasteiger partial charge in [0.15, 0.2) is 0 Å². The molecule has 0 saturated heterocycles. The van der Waals surface area contributed by atoms with Crippen LogP contribution in [0.3, 0.4) is 0 Å². The first-order chi connectivity index (χ1) is 7.22. The first-order valence-electron chi connectivity index (χ1n) is 4.58. The Morgan fingerprint density at radius 1 is 1.13 bits per heavy atom. The minimum absolute atomic E-state index is 0.0774. The van der Waals surface area contributed by atoms with Crippen LogP contribution in [-0.2, 0) is 5.88 Å². The van der Waals surface area contributed by atoms with Gasteiger partial charge in [0.2, 0.25) is 0 Å². The van der Waals surface area contributed by atoms with E-state index in [9.17, 15) is 8.78 Å². The van der Waals surface area contributed by atoms with Gasteiger partial charge in [0, 0.05) is 11.4 Å². The van der Waals surface area contributed by atoms with E-state index in [4.69, 9.17) is 11.6 Å². The molecular formula is C12H9ClF2. The Bertz CT molecular complexity index is 480. The summed E-state index contributed by atoms with van der Waals surface area (Å²) in [4.78, 5) is 0. The lowest BCUT2D eigenvalue weighted by Gasteiger charge is -2.06. The first-order valence-corrected chi connectivity index (χ1v) is 5.11. The van der Waals surface area contributed by atoms with Crippen molar-refractivity contribution in [2.45, 2.75) is 12.3 Å². The molecule has 15 heavy (non-hydrogen) atoms. The Balaban J connectivity index is 2.67. The average molecular weight is 227 g/mol. The van der Waals surface area contributed by atoms with Gasteiger partial charge in [-0.15, -0.1) is 11.6 Å². The SMILES string of the molecule is FC(F)c1cccc2cc(CCl)ccc12. The van der Waals surface area contributed by atoms with E-state index < -0.39 is 6.43 Å². The molecule has 0 unspecified atom stereocenters. The van der Waals surface area contributed by atoms with Gasteiger partial charge in [0.25, 0.3) is 6.43 Å². The van der Waals surface area contributed by atoms with E-state index in [0.29, 0.717) is 11.3 Å². The largest absolute Gasteiger partial charge is 0.264 e. The predicted molar refractivity (Wildman–Crippen MR) is 58.5 cm³/mol. The van der Waals surface area contributed by atoms with E-state index in [-0.39, 0.29) is 5.56 Å². The van der Waals surface area contributed by atoms with Crippen molar-refractivity contribution in [3.8, 4) is 0 Å². The summed E-state index contributed by atoms with van der Waals surface area (Å²) in [5, 5.41) is 1.41. The Morgan fingerprint density at radius 3 is 2.60 bits per heavy atom. The molecular weight excluding hydrogens is 218 g/mol. The van der Waals surface area contributed by atoms with Crippen LogP contribution in [0.5, 0.6) is 0 Å². The van der Waals surface area contributed by atoms with E-state index in [1.54, 1.807) is 18.2 Å². The monoisotopic (exact) mass is 226 g/mol. The number of rotatable bonds is 2. The lowest BCUT2D eigenvalue weighted by molar-refractivity contribution is 0.153. The topological polar surface area (TPSA) is 0 Å². The van der Waals surface area contributed by atoms with Crippen LogP contribution in [0.2, 0.25) is 0 Å². The van der Waals surface area contributed by atoms with Gasteiger partial charge < -0.3 is 0 Å². The Kier molecular flexibility index (Phi) is 2.87. The van der Waals surface area contributed by atoms with Crippen LogP contribution in [0.4, 0.5) is 8.78 Å². The molecule has 0 bridgehead atoms. The fraction of sp³-hybridized carbons (Fsp3) is 0.167. The van der Waals surface area contributed by atoms with Crippen molar-refractivity contribution in [2.75, 3.05) is 0 Å². The van der Waals surface area contributed by atoms with Gasteiger partial charge in [0.05, 0.1) is 0 Å². The first kappa shape index (κ1) is 10.4. The number of hydrogen-bond acceptors (Lipinski definition) is 0. The summed E-state index contributed by atoms with van der Waals surface area (Å²) in [5.74, 6) is 0.398. The van der Waals surface area contributed by atoms with Crippen LogP contribution < -0.4 is 0 Å². The van der Waals surface area contributed by atoms with Gasteiger partial charge in [-0.25, -0.2) is 8.78 Å². The van der Waals surface area contributed by atoms with Crippen LogP contribution in [0.25, 0.3) is 10.8 Å². The molecule has 2 aromatic rings. The van der Waals surface area contributed by atoms with Gasteiger partial charge in [-0.2, -0.15) is 0 Å². The van der Waals surface area contributed by atoms with Gasteiger partial charge in [-0.1, -0.05) is 30.3 Å². The smallest absolute Gasteiger partial charge is 0.205 e. The van der Waals surface area contributed by atoms with E-state index in [1.807, 2.05) is 12.1 Å². The number of benzene rings is 2. The molecule has 0 atom stereocenters. The molecule has 78 valence electrons. The van der Waals surface area contributed by atoms with Crippen LogP contribution in [0, 0.1) is 0 Å². The number of alkyl halides is 3. The molecule has 0 aliphatic rings. The summed E-state index contributed by atoms with van der Waals surface area (Å²) >= 11 is 5.68. The van der Waals surface area contributed by atoms with Crippen molar-refractivity contribution in [1.82, 2.24) is 0 Å². The highest BCUT2D eigenvalue weighted by Crippen LogP contribution is 2.28. The number of halogens is 3. The van der Waals surface area contributed by atoms with Gasteiger partial charge in [-0.3, -0.25) is 0 Å². The summed E-state index contributed by atoms with van der Waals surface area (Å²) < 4.78 is 25.3. The van der Waals surface area contributed by atoms with E-state index in [0.717, 1.165) is 10.9 Å². The fourth-order valence-electron chi connectivity index (χ4n) is 1.63. The highest BCUT2D eigenvalue weighted by Gasteiger charge is 2.10. The Hall–Kier alpha value is -1.15. The highest BCUT2D eigenvalue weighted by molar-refractivity contribution is 6.17. The van der Waals surface area contributed by atoms with Crippen molar-refractivity contribution in [3.63, 3.8) is 0 Å². The second-order valence-electron chi connectivity index (χ2n) is 3.34. The normalized spacial score (nSPS) is 11.2. The summed E-state index contributed by atoms with van der Waals surface area (Å²) in [5.41, 5.74) is 1.02. The van der Waals surface area contributed by atoms with Gasteiger partial charge in [0.1, 0.15) is 0 Å². The zero-order chi connectivity index (χ0) is 10.8. The minimum Gasteiger partial charge on any atom is -0.205 e. The quantitative estimate of drug-likeness (QED) is 0.661. The van der Waals surface area contributed by atoms with Gasteiger partial charge >= 0.3 is 0 Å². The fourth-order valence-corrected chi connectivity index (χ4v) is 1.80. The van der Waals surface area contributed by atoms with Crippen molar-refractivity contribution in [3.05, 3.63) is 47.5 Å². The van der Waals surface area contributed by atoms with E-state index in [1.165, 1.54) is 6.07 Å². The molecule has 0 saturated carbocycles. The summed E-state index contributed by atoms with van der Waals surface area (Å²) in [6.07, 6.45) is -2.43. The average Bonchev–Trinajstić information content (AvgIpc) is 2.27. The standard InChI is InChI=1S/C12H9ClF2/c13-7-8-4-5-10-9(6-8)2-1-3-11(10)12(14)15/h1-6,12H,7H2. The third-order valence-electron chi connectivity index (χ3n) is 2.37. The molecule has 0 nitrogen and oxygen atoms in total. The Labute approximate surface area is 91.5 Å². The predicted octanol–water partition coefficient (Wildman–Crippen LogP) is 4.52. The Morgan fingerprint density at radius 2 is 1.93 bits per heavy atom. The molecule has 2 rings (SSSR count). The highest BCUT2D eigenvalue weighted by atomic mass is 35.5. The molecule has 0 aliphatic carbocycles. The molecule has 0 aliphatic heterocycles. The van der Waals surface area contributed by atoms with Crippen LogP contribution in [0.1, 0.15) is 17.6 Å². The second kappa shape index (κ2) is 4.15. The van der Waals surface area contributed by atoms with E-state index in [2.05, 4.69) is 0 Å². The molecule has 0 amide bonds. The summed E-state index contributed by atoms with van der Waals surface area (Å²) in [7, 11) is 0. The molecule has 0 spiro atoms. The number of hydrogen-bond donors (Lipinski definition) is 0. The zero-order valence-electron chi connectivity index (χ0n) is 7.88. The van der Waals surface area contributed by atoms with E-state index >= 15 is 0 Å². The van der Waals surface area contributed by atoms with Crippen molar-refractivity contribution in [2.24, 2.45) is 0 Å². The maximum Gasteiger partial charge on any atom is 0.264 e. The molecule has 0 radical (unpaired) electrons. The van der Waals surface area contributed by atoms with Gasteiger partial charge in [-0.05, 0) is 22.4 Å². The molecule has 0 aromatic heterocycles. The second-order valence-corrected chi connectivity index (χ2v) is 3.60. The molecule has 0 heterocycles. The van der Waals surface area contributed by atoms with Crippen LogP contribution in [-0.4, -0.2) is 0 Å². The maximum absolute atomic E-state index is 12.7. The van der Waals surface area contributed by atoms with Crippen LogP contribution >= 0.6 is 11.6 Å². The summed E-state index contributed by atoms with van der Waals surface area (Å²) in [6.45, 7) is 0. The summed E-state index contributed by atoms with van der Waals surface area (Å²) in [6, 6.07) is 10.2. The molecule has 3 heteroatoms. The molecule has 2 aromatic carbocycles. The maximum atomic E-state index is 12.7. The lowest BCUT2D eigenvalue weighted by atomic mass is 10.0. The van der Waals surface area contributed by atoms with Crippen molar-refractivity contribution >= 4 is 22.4 Å². The third kappa shape index (κ3) is 1.95. The molecule has 0 N–H and O–H groups in total. The van der Waals surface area contributed by atoms with Crippen molar-refractivity contribution < 1.29 is 8.78 Å². The lowest BCUT2D eigenvalue weighted by Crippen LogP contribution is -1.87. The third-order valence-corrected chi connectivity index (χ3v) is 2.68. The van der Waals surface area contributed by atoms with Crippen LogP contribution in [0.15, 0.2) is 36.4 Å². The van der Waals surface area contributed by atoms with Crippen molar-refractivity contribution in [1.29, 1.82) is 0 Å². The number of fused-ring (bicyclic) bond motifs is 1.